The summed E-state index contributed by atoms with van der Waals surface area (Å²) in [5, 5.41) is 25.1. The molecule has 0 aromatic heterocycles. The number of aliphatic hydroxyl groups excluding tert-OH is 1. The first kappa shape index (κ1) is 34.0. The fraction of sp³-hybridized carbons (Fsp3) is 0.971. The molecule has 2 saturated carbocycles. The lowest BCUT2D eigenvalue weighted by molar-refractivity contribution is -0.128. The molecule has 6 rings (SSSR count). The molecule has 8 unspecified atom stereocenters. The maximum Gasteiger partial charge on any atom is 0.223 e. The average Bonchev–Trinajstić information content (AvgIpc) is 3.44. The van der Waals surface area contributed by atoms with Crippen LogP contribution in [0.4, 0.5) is 0 Å². The summed E-state index contributed by atoms with van der Waals surface area (Å²) < 4.78 is 12.0. The van der Waals surface area contributed by atoms with Crippen LogP contribution in [0.1, 0.15) is 78.6 Å². The van der Waals surface area contributed by atoms with Crippen molar-refractivity contribution in [2.45, 2.75) is 127 Å². The molecule has 1 amide bonds. The number of amides is 1. The van der Waals surface area contributed by atoms with E-state index in [2.05, 4.69) is 56.7 Å². The summed E-state index contributed by atoms with van der Waals surface area (Å²) in [4.78, 5) is 21.0. The average molecular weight is 634 g/mol. The van der Waals surface area contributed by atoms with Crippen molar-refractivity contribution in [3.8, 4) is 0 Å². The third-order valence-electron chi connectivity index (χ3n) is 12.0. The second-order valence-corrected chi connectivity index (χ2v) is 15.4. The number of aliphatic hydroxyl groups is 1. The van der Waals surface area contributed by atoms with Crippen LogP contribution in [0, 0.1) is 17.8 Å². The molecule has 4 aliphatic heterocycles. The number of carbonyl (C=O) groups excluding carboxylic acids is 1. The van der Waals surface area contributed by atoms with Crippen molar-refractivity contribution in [1.82, 2.24) is 36.0 Å². The number of rotatable bonds is 12. The molecule has 11 heteroatoms. The van der Waals surface area contributed by atoms with Gasteiger partial charge in [-0.3, -0.25) is 30.5 Å². The number of ether oxygens (including phenoxy) is 2. The van der Waals surface area contributed by atoms with Crippen molar-refractivity contribution in [2.75, 3.05) is 65.7 Å². The normalized spacial score (nSPS) is 38.2. The third kappa shape index (κ3) is 9.18. The van der Waals surface area contributed by atoms with E-state index in [4.69, 9.17) is 9.47 Å². The maximum absolute atomic E-state index is 13.5. The summed E-state index contributed by atoms with van der Waals surface area (Å²) in [6.07, 6.45) is 10.4. The van der Waals surface area contributed by atoms with Gasteiger partial charge in [-0.25, -0.2) is 0 Å². The van der Waals surface area contributed by atoms with E-state index in [1.807, 2.05) is 0 Å². The third-order valence-corrected chi connectivity index (χ3v) is 12.0. The minimum absolute atomic E-state index is 0.0444. The first-order valence-corrected chi connectivity index (χ1v) is 18.5. The number of hydrogen-bond donors (Lipinski definition) is 5. The number of hydrogen-bond acceptors (Lipinski definition) is 10. The minimum atomic E-state index is -0.544. The second kappa shape index (κ2) is 16.0. The van der Waals surface area contributed by atoms with Crippen LogP contribution < -0.4 is 21.3 Å². The highest BCUT2D eigenvalue weighted by Crippen LogP contribution is 2.37. The van der Waals surface area contributed by atoms with Crippen LogP contribution in [0.5, 0.6) is 0 Å². The molecule has 11 nitrogen and oxygen atoms in total. The maximum atomic E-state index is 13.5. The van der Waals surface area contributed by atoms with Crippen LogP contribution in [0.25, 0.3) is 0 Å². The predicted molar refractivity (Wildman–Crippen MR) is 175 cm³/mol. The molecule has 258 valence electrons. The van der Waals surface area contributed by atoms with Gasteiger partial charge in [0.1, 0.15) is 0 Å². The number of piperidine rings is 2. The Hall–Kier alpha value is -0.890. The Morgan fingerprint density at radius 3 is 2.56 bits per heavy atom. The lowest BCUT2D eigenvalue weighted by Gasteiger charge is -2.46. The highest BCUT2D eigenvalue weighted by Gasteiger charge is 2.39. The zero-order chi connectivity index (χ0) is 31.3. The van der Waals surface area contributed by atoms with Gasteiger partial charge >= 0.3 is 0 Å². The number of nitrogens with one attached hydrogen (secondary N) is 4. The highest BCUT2D eigenvalue weighted by molar-refractivity contribution is 5.78. The second-order valence-electron chi connectivity index (χ2n) is 15.4. The van der Waals surface area contributed by atoms with Gasteiger partial charge < -0.3 is 24.8 Å². The minimum Gasteiger partial charge on any atom is -0.390 e. The van der Waals surface area contributed by atoms with Gasteiger partial charge in [0, 0.05) is 69.9 Å². The van der Waals surface area contributed by atoms with Gasteiger partial charge in [0.25, 0.3) is 0 Å². The molecular weight excluding hydrogens is 570 g/mol. The lowest BCUT2D eigenvalue weighted by Crippen LogP contribution is -2.64. The van der Waals surface area contributed by atoms with E-state index in [9.17, 15) is 9.90 Å². The molecular formula is C34H63N7O4. The Balaban J connectivity index is 0.922. The van der Waals surface area contributed by atoms with Gasteiger partial charge in [-0.15, -0.1) is 0 Å². The molecule has 0 aromatic carbocycles. The van der Waals surface area contributed by atoms with Gasteiger partial charge in [0.05, 0.1) is 44.0 Å². The smallest absolute Gasteiger partial charge is 0.223 e. The fourth-order valence-corrected chi connectivity index (χ4v) is 8.71. The van der Waals surface area contributed by atoms with E-state index in [1.165, 1.54) is 32.1 Å². The molecule has 0 aromatic rings. The summed E-state index contributed by atoms with van der Waals surface area (Å²) >= 11 is 0. The first-order chi connectivity index (χ1) is 21.8. The number of β-amino-alcohol motifs (C(OH)–C–C–N with tert-alkyl or cyclic N) is 1. The Bertz CT molecular complexity index is 932. The molecule has 0 bridgehead atoms. The van der Waals surface area contributed by atoms with Crippen LogP contribution in [0.15, 0.2) is 0 Å². The van der Waals surface area contributed by atoms with Crippen molar-refractivity contribution in [2.24, 2.45) is 17.8 Å². The Kier molecular flexibility index (Phi) is 12.1. The summed E-state index contributed by atoms with van der Waals surface area (Å²) in [7, 11) is 0. The van der Waals surface area contributed by atoms with E-state index in [0.717, 1.165) is 65.0 Å². The molecule has 2 aliphatic carbocycles. The molecule has 45 heavy (non-hydrogen) atoms. The summed E-state index contributed by atoms with van der Waals surface area (Å²) in [5.41, 5.74) is 0. The molecule has 9 atom stereocenters. The largest absolute Gasteiger partial charge is 0.390 e. The Labute approximate surface area is 271 Å². The molecule has 4 saturated heterocycles. The van der Waals surface area contributed by atoms with Crippen molar-refractivity contribution in [1.29, 1.82) is 0 Å². The van der Waals surface area contributed by atoms with Crippen LogP contribution in [0.3, 0.4) is 0 Å². The Morgan fingerprint density at radius 2 is 1.84 bits per heavy atom. The number of nitrogens with zero attached hydrogens (tertiary/aromatic N) is 3. The molecule has 0 radical (unpaired) electrons. The van der Waals surface area contributed by atoms with Gasteiger partial charge in [-0.1, -0.05) is 6.42 Å². The Morgan fingerprint density at radius 1 is 1.02 bits per heavy atom. The summed E-state index contributed by atoms with van der Waals surface area (Å²) in [6, 6.07) is 1.51. The van der Waals surface area contributed by atoms with E-state index in [-0.39, 0.29) is 30.3 Å². The number of fused-ring (bicyclic) bond motifs is 1. The molecule has 4 heterocycles. The van der Waals surface area contributed by atoms with E-state index in [1.54, 1.807) is 0 Å². The molecule has 6 aliphatic rings. The van der Waals surface area contributed by atoms with Crippen LogP contribution in [0.2, 0.25) is 0 Å². The van der Waals surface area contributed by atoms with Crippen LogP contribution in [-0.4, -0.2) is 140 Å². The summed E-state index contributed by atoms with van der Waals surface area (Å²) in [6.45, 7) is 15.3. The van der Waals surface area contributed by atoms with Crippen LogP contribution in [-0.2, 0) is 14.3 Å². The SMILES string of the molecule is CC1NCOC1COC1CCC2CN(C[C@@H](O)CNC(=O)C3CC(NC4CCC4)NC(N4CCN(C(C)C)CC4)C3)CCC2C1. The standard InChI is InChI=1S/C34H63N7O4/c1-23(2)40-11-13-41(14-12-40)33-17-27(16-32(38-33)37-28-5-4-6-28)34(43)35-18-29(42)20-39-10-9-25-15-30(8-7-26(25)19-39)44-21-31-24(3)36-22-45-31/h23-33,36-38,42H,4-22H2,1-3H3,(H,35,43)/t24?,25?,26?,27?,29-,30?,31?,32?,33?/m0/s1. The zero-order valence-electron chi connectivity index (χ0n) is 28.3. The van der Waals surface area contributed by atoms with Gasteiger partial charge in [0.15, 0.2) is 0 Å². The number of piperazine rings is 1. The van der Waals surface area contributed by atoms with Gasteiger partial charge in [0.2, 0.25) is 5.91 Å². The molecule has 5 N–H and O–H groups in total. The van der Waals surface area contributed by atoms with Crippen molar-refractivity contribution in [3.05, 3.63) is 0 Å². The zero-order valence-corrected chi connectivity index (χ0v) is 28.3. The van der Waals surface area contributed by atoms with Gasteiger partial charge in [-0.2, -0.15) is 0 Å². The number of carbonyl (C=O) groups is 1. The van der Waals surface area contributed by atoms with E-state index >= 15 is 0 Å². The van der Waals surface area contributed by atoms with Crippen LogP contribution >= 0.6 is 0 Å². The van der Waals surface area contributed by atoms with E-state index in [0.29, 0.717) is 62.5 Å². The quantitative estimate of drug-likeness (QED) is 0.214. The summed E-state index contributed by atoms with van der Waals surface area (Å²) in [5.74, 6) is 1.45. The monoisotopic (exact) mass is 633 g/mol. The highest BCUT2D eigenvalue weighted by atomic mass is 16.5. The van der Waals surface area contributed by atoms with Crippen molar-refractivity contribution >= 4 is 5.91 Å². The topological polar surface area (TPSA) is 114 Å². The molecule has 0 spiro atoms. The van der Waals surface area contributed by atoms with Crippen molar-refractivity contribution in [3.63, 3.8) is 0 Å². The number of likely N-dealkylation sites (tertiary alicyclic amines) is 1. The van der Waals surface area contributed by atoms with Crippen molar-refractivity contribution < 1.29 is 19.4 Å². The van der Waals surface area contributed by atoms with E-state index < -0.39 is 6.10 Å². The molecule has 6 fully saturated rings. The predicted octanol–water partition coefficient (Wildman–Crippen LogP) is 1.13. The first-order valence-electron chi connectivity index (χ1n) is 18.5. The lowest BCUT2D eigenvalue weighted by atomic mass is 9.74. The van der Waals surface area contributed by atoms with Gasteiger partial charge in [-0.05, 0) is 90.5 Å². The fourth-order valence-electron chi connectivity index (χ4n) is 8.71.